The Hall–Kier alpha value is -0.510. The van der Waals surface area contributed by atoms with Crippen molar-refractivity contribution in [3.8, 4) is 6.07 Å². The molecule has 0 aliphatic heterocycles. The maximum Gasteiger partial charge on any atom is 0.0689 e. The molecule has 1 fully saturated rings. The first-order chi connectivity index (χ1) is 3.33. The molecule has 0 bridgehead atoms. The first kappa shape index (κ1) is 4.64. The van der Waals surface area contributed by atoms with Crippen molar-refractivity contribution in [2.75, 3.05) is 0 Å². The fourth-order valence-corrected chi connectivity index (χ4v) is 0.695. The van der Waals surface area contributed by atoms with Crippen LogP contribution in [0.25, 0.3) is 0 Å². The molecule has 1 heteroatoms. The van der Waals surface area contributed by atoms with E-state index in [1.54, 1.807) is 0 Å². The summed E-state index contributed by atoms with van der Waals surface area (Å²) in [6.07, 6.45) is 3.32. The second-order valence-corrected chi connectivity index (χ2v) is 2.25. The Kier molecular flexibility index (Phi) is 0.815. The molecule has 0 aromatic heterocycles. The average molecular weight is 101 g/mol. The van der Waals surface area contributed by atoms with Gasteiger partial charge in [-0.25, -0.2) is 0 Å². The zero-order chi connectivity index (χ0) is 5.33. The summed E-state index contributed by atoms with van der Waals surface area (Å²) in [4.78, 5) is 0. The molecule has 0 heterocycles. The van der Waals surface area contributed by atoms with Crippen LogP contribution >= 0.6 is 0 Å². The maximum absolute atomic E-state index is 8.41. The normalized spacial score (nSPS) is 23.4. The standard InChI is InChI=1S/C6H9N.3H2/c1-2-6(5-7)3-4-6;;;/h2-4H2,1H3;3*1H. The molecule has 0 spiro atoms. The van der Waals surface area contributed by atoms with Crippen LogP contribution in [-0.4, -0.2) is 0 Å². The van der Waals surface area contributed by atoms with Gasteiger partial charge in [0.15, 0.2) is 0 Å². The summed E-state index contributed by atoms with van der Waals surface area (Å²) < 4.78 is 0. The maximum atomic E-state index is 8.41. The van der Waals surface area contributed by atoms with Crippen molar-refractivity contribution in [3.05, 3.63) is 0 Å². The molecule has 0 radical (unpaired) electrons. The molecule has 1 nitrogen and oxygen atoms in total. The minimum absolute atomic E-state index is 0. The van der Waals surface area contributed by atoms with E-state index < -0.39 is 0 Å². The first-order valence-electron chi connectivity index (χ1n) is 2.74. The summed E-state index contributed by atoms with van der Waals surface area (Å²) in [6.45, 7) is 2.08. The fourth-order valence-electron chi connectivity index (χ4n) is 0.695. The Labute approximate surface area is 48.4 Å². The van der Waals surface area contributed by atoms with E-state index in [-0.39, 0.29) is 9.69 Å². The summed E-state index contributed by atoms with van der Waals surface area (Å²) in [5.74, 6) is 0. The molecule has 0 amide bonds. The molecule has 1 rings (SSSR count). The van der Waals surface area contributed by atoms with Gasteiger partial charge in [-0.3, -0.25) is 0 Å². The van der Waals surface area contributed by atoms with E-state index in [4.69, 9.17) is 5.26 Å². The van der Waals surface area contributed by atoms with E-state index in [0.29, 0.717) is 0 Å². The van der Waals surface area contributed by atoms with Crippen LogP contribution in [0.1, 0.15) is 30.5 Å². The molecular formula is C6H15N. The molecule has 0 atom stereocenters. The third-order valence-corrected chi connectivity index (χ3v) is 1.77. The van der Waals surface area contributed by atoms with Gasteiger partial charge in [-0.2, -0.15) is 5.26 Å². The molecule has 1 saturated carbocycles. The van der Waals surface area contributed by atoms with Crippen molar-refractivity contribution in [1.82, 2.24) is 0 Å². The van der Waals surface area contributed by atoms with Crippen LogP contribution < -0.4 is 0 Å². The van der Waals surface area contributed by atoms with Gasteiger partial charge in [0.1, 0.15) is 0 Å². The van der Waals surface area contributed by atoms with Crippen LogP contribution in [-0.2, 0) is 0 Å². The lowest BCUT2D eigenvalue weighted by atomic mass is 10.1. The molecule has 0 unspecified atom stereocenters. The zero-order valence-electron chi connectivity index (χ0n) is 4.57. The molecule has 0 aromatic carbocycles. The number of nitriles is 1. The van der Waals surface area contributed by atoms with Gasteiger partial charge < -0.3 is 0 Å². The summed E-state index contributed by atoms with van der Waals surface area (Å²) in [5, 5.41) is 8.41. The minimum atomic E-state index is 0. The Morgan fingerprint density at radius 3 is 2.43 bits per heavy atom. The van der Waals surface area contributed by atoms with Gasteiger partial charge in [-0.05, 0) is 19.3 Å². The summed E-state index contributed by atoms with van der Waals surface area (Å²) in [6, 6.07) is 2.30. The second-order valence-electron chi connectivity index (χ2n) is 2.25. The summed E-state index contributed by atoms with van der Waals surface area (Å²) in [7, 11) is 0. The van der Waals surface area contributed by atoms with Crippen molar-refractivity contribution in [2.45, 2.75) is 26.2 Å². The molecule has 7 heavy (non-hydrogen) atoms. The van der Waals surface area contributed by atoms with Crippen LogP contribution in [0.5, 0.6) is 0 Å². The van der Waals surface area contributed by atoms with Crippen molar-refractivity contribution in [1.29, 1.82) is 5.26 Å². The van der Waals surface area contributed by atoms with E-state index in [2.05, 4.69) is 13.0 Å². The van der Waals surface area contributed by atoms with Gasteiger partial charge in [-0.15, -0.1) is 0 Å². The van der Waals surface area contributed by atoms with Gasteiger partial charge >= 0.3 is 0 Å². The van der Waals surface area contributed by atoms with Crippen LogP contribution in [0.15, 0.2) is 0 Å². The summed E-state index contributed by atoms with van der Waals surface area (Å²) in [5.41, 5.74) is 0.139. The van der Waals surface area contributed by atoms with Crippen molar-refractivity contribution >= 4 is 0 Å². The number of hydrogen-bond donors (Lipinski definition) is 0. The van der Waals surface area contributed by atoms with E-state index in [9.17, 15) is 0 Å². The van der Waals surface area contributed by atoms with Crippen LogP contribution in [0.2, 0.25) is 0 Å². The van der Waals surface area contributed by atoms with Crippen molar-refractivity contribution in [2.24, 2.45) is 5.41 Å². The zero-order valence-corrected chi connectivity index (χ0v) is 4.57. The largest absolute Gasteiger partial charge is 0.198 e. The van der Waals surface area contributed by atoms with Crippen LogP contribution in [0, 0.1) is 16.7 Å². The van der Waals surface area contributed by atoms with E-state index >= 15 is 0 Å². The number of rotatable bonds is 1. The molecule has 1 aliphatic carbocycles. The summed E-state index contributed by atoms with van der Waals surface area (Å²) >= 11 is 0. The highest BCUT2D eigenvalue weighted by Gasteiger charge is 2.40. The monoisotopic (exact) mass is 101 g/mol. The highest BCUT2D eigenvalue weighted by atomic mass is 14.5. The molecule has 1 aliphatic rings. The van der Waals surface area contributed by atoms with Gasteiger partial charge in [-0.1, -0.05) is 6.92 Å². The van der Waals surface area contributed by atoms with E-state index in [1.807, 2.05) is 0 Å². The Morgan fingerprint density at radius 1 is 1.86 bits per heavy atom. The van der Waals surface area contributed by atoms with Gasteiger partial charge in [0.05, 0.1) is 11.5 Å². The molecule has 0 N–H and O–H groups in total. The van der Waals surface area contributed by atoms with E-state index in [1.165, 1.54) is 0 Å². The molecule has 0 saturated heterocycles. The average Bonchev–Trinajstić information content (AvgIpc) is 2.46. The van der Waals surface area contributed by atoms with Crippen LogP contribution in [0.4, 0.5) is 0 Å². The van der Waals surface area contributed by atoms with Crippen molar-refractivity contribution < 1.29 is 4.28 Å². The molecule has 0 aromatic rings. The first-order valence-corrected chi connectivity index (χ1v) is 2.74. The van der Waals surface area contributed by atoms with E-state index in [0.717, 1.165) is 19.3 Å². The highest BCUT2D eigenvalue weighted by molar-refractivity contribution is 5.08. The smallest absolute Gasteiger partial charge is 0.0689 e. The third kappa shape index (κ3) is 0.608. The van der Waals surface area contributed by atoms with Crippen molar-refractivity contribution in [3.63, 3.8) is 0 Å². The predicted octanol–water partition coefficient (Wildman–Crippen LogP) is 2.44. The quantitative estimate of drug-likeness (QED) is 0.497. The number of hydrogen-bond acceptors (Lipinski definition) is 1. The second kappa shape index (κ2) is 1.23. The van der Waals surface area contributed by atoms with Gasteiger partial charge in [0, 0.05) is 4.28 Å². The SMILES string of the molecule is CCC1(C#N)CC1.[HH].[HH].[HH]. The number of nitrogens with zero attached hydrogens (tertiary/aromatic N) is 1. The Bertz CT molecular complexity index is 115. The third-order valence-electron chi connectivity index (χ3n) is 1.77. The topological polar surface area (TPSA) is 23.8 Å². The lowest BCUT2D eigenvalue weighted by Crippen LogP contribution is -1.89. The fraction of sp³-hybridized carbons (Fsp3) is 0.833. The van der Waals surface area contributed by atoms with Crippen LogP contribution in [0.3, 0.4) is 0 Å². The highest BCUT2D eigenvalue weighted by Crippen LogP contribution is 2.47. The lowest BCUT2D eigenvalue weighted by Gasteiger charge is -1.93. The minimum Gasteiger partial charge on any atom is -0.198 e. The van der Waals surface area contributed by atoms with Gasteiger partial charge in [0.2, 0.25) is 0 Å². The predicted molar refractivity (Wildman–Crippen MR) is 33.9 cm³/mol. The Morgan fingerprint density at radius 2 is 2.43 bits per heavy atom. The lowest BCUT2D eigenvalue weighted by molar-refractivity contribution is 0.641. The molecule has 44 valence electrons. The van der Waals surface area contributed by atoms with Gasteiger partial charge in [0.25, 0.3) is 0 Å². The molecular weight excluding hydrogens is 86.1 g/mol. The Balaban J connectivity index is -0.000000163.